The van der Waals surface area contributed by atoms with Gasteiger partial charge in [0.25, 0.3) is 0 Å². The van der Waals surface area contributed by atoms with Crippen molar-refractivity contribution < 1.29 is 14.3 Å². The van der Waals surface area contributed by atoms with Gasteiger partial charge in [0.15, 0.2) is 0 Å². The second-order valence-corrected chi connectivity index (χ2v) is 6.24. The van der Waals surface area contributed by atoms with E-state index >= 15 is 0 Å². The fraction of sp³-hybridized carbons (Fsp3) is 0.938. The minimum Gasteiger partial charge on any atom is -0.468 e. The van der Waals surface area contributed by atoms with Gasteiger partial charge in [-0.1, -0.05) is 6.92 Å². The third kappa shape index (κ3) is 5.93. The topological polar surface area (TPSA) is 50.8 Å². The summed E-state index contributed by atoms with van der Waals surface area (Å²) in [7, 11) is 3.23. The number of methoxy groups -OCH3 is 2. The molecule has 1 aliphatic heterocycles. The molecule has 0 spiro atoms. The number of carbonyl (C=O) groups excluding carboxylic acids is 1. The number of nitrogens with zero attached hydrogens (tertiary/aromatic N) is 1. The van der Waals surface area contributed by atoms with Crippen LogP contribution < -0.4 is 5.32 Å². The van der Waals surface area contributed by atoms with E-state index in [-0.39, 0.29) is 5.97 Å². The SMILES string of the molecule is CCCNC(C)(CCN1CCC(COC)CC1)C(=O)OC. The van der Waals surface area contributed by atoms with Crippen LogP contribution in [0.5, 0.6) is 0 Å². The van der Waals surface area contributed by atoms with Crippen molar-refractivity contribution in [3.63, 3.8) is 0 Å². The summed E-state index contributed by atoms with van der Waals surface area (Å²) in [6, 6.07) is 0. The predicted octanol–water partition coefficient (Wildman–Crippen LogP) is 1.67. The van der Waals surface area contributed by atoms with Gasteiger partial charge in [0, 0.05) is 20.3 Å². The van der Waals surface area contributed by atoms with Gasteiger partial charge in [0.2, 0.25) is 0 Å². The highest BCUT2D eigenvalue weighted by Gasteiger charge is 2.34. The molecule has 0 saturated carbocycles. The molecule has 1 saturated heterocycles. The van der Waals surface area contributed by atoms with Gasteiger partial charge in [0.05, 0.1) is 7.11 Å². The summed E-state index contributed by atoms with van der Waals surface area (Å²) in [6.45, 7) is 8.88. The molecule has 1 heterocycles. The minimum atomic E-state index is -0.575. The van der Waals surface area contributed by atoms with Crippen molar-refractivity contribution in [2.45, 2.75) is 45.1 Å². The van der Waals surface area contributed by atoms with Crippen molar-refractivity contribution in [2.24, 2.45) is 5.92 Å². The molecule has 0 aliphatic carbocycles. The summed E-state index contributed by atoms with van der Waals surface area (Å²) in [5.74, 6) is 0.529. The molecular weight excluding hydrogens is 268 g/mol. The average Bonchev–Trinajstić information content (AvgIpc) is 2.51. The van der Waals surface area contributed by atoms with Gasteiger partial charge >= 0.3 is 5.97 Å². The number of ether oxygens (including phenoxy) is 2. The Hall–Kier alpha value is -0.650. The van der Waals surface area contributed by atoms with E-state index in [4.69, 9.17) is 9.47 Å². The Balaban J connectivity index is 2.41. The normalized spacial score (nSPS) is 20.2. The highest BCUT2D eigenvalue weighted by molar-refractivity contribution is 5.80. The molecule has 1 N–H and O–H groups in total. The molecule has 1 aliphatic rings. The Kier molecular flexibility index (Phi) is 8.22. The van der Waals surface area contributed by atoms with E-state index in [2.05, 4.69) is 17.1 Å². The van der Waals surface area contributed by atoms with E-state index in [1.807, 2.05) is 6.92 Å². The lowest BCUT2D eigenvalue weighted by Gasteiger charge is -2.35. The minimum absolute atomic E-state index is 0.162. The zero-order valence-corrected chi connectivity index (χ0v) is 14.1. The largest absolute Gasteiger partial charge is 0.468 e. The average molecular weight is 300 g/mol. The molecule has 0 bridgehead atoms. The first-order chi connectivity index (χ1) is 10.1. The third-order valence-corrected chi connectivity index (χ3v) is 4.44. The van der Waals surface area contributed by atoms with Crippen LogP contribution in [0.4, 0.5) is 0 Å². The molecule has 1 atom stereocenters. The quantitative estimate of drug-likeness (QED) is 0.656. The van der Waals surface area contributed by atoms with Gasteiger partial charge in [-0.2, -0.15) is 0 Å². The van der Waals surface area contributed by atoms with Crippen LogP contribution in [-0.2, 0) is 14.3 Å². The zero-order valence-electron chi connectivity index (χ0n) is 14.1. The van der Waals surface area contributed by atoms with E-state index in [9.17, 15) is 4.79 Å². The number of hydrogen-bond acceptors (Lipinski definition) is 5. The summed E-state index contributed by atoms with van der Waals surface area (Å²) >= 11 is 0. The van der Waals surface area contributed by atoms with E-state index in [1.54, 1.807) is 7.11 Å². The van der Waals surface area contributed by atoms with Crippen molar-refractivity contribution >= 4 is 5.97 Å². The van der Waals surface area contributed by atoms with E-state index in [0.29, 0.717) is 5.92 Å². The molecule has 1 fully saturated rings. The van der Waals surface area contributed by atoms with Crippen LogP contribution in [0.1, 0.15) is 39.5 Å². The number of likely N-dealkylation sites (tertiary alicyclic amines) is 1. The molecule has 0 aromatic heterocycles. The number of esters is 1. The predicted molar refractivity (Wildman–Crippen MR) is 84.4 cm³/mol. The summed E-state index contributed by atoms with van der Waals surface area (Å²) in [6.07, 6.45) is 4.17. The Morgan fingerprint density at radius 1 is 1.33 bits per heavy atom. The second-order valence-electron chi connectivity index (χ2n) is 6.24. The van der Waals surface area contributed by atoms with E-state index in [0.717, 1.165) is 45.6 Å². The first-order valence-electron chi connectivity index (χ1n) is 8.10. The molecule has 0 aromatic rings. The first kappa shape index (κ1) is 18.4. The number of hydrogen-bond donors (Lipinski definition) is 1. The van der Waals surface area contributed by atoms with Crippen LogP contribution in [0.25, 0.3) is 0 Å². The lowest BCUT2D eigenvalue weighted by atomic mass is 9.94. The van der Waals surface area contributed by atoms with Crippen molar-refractivity contribution in [1.29, 1.82) is 0 Å². The van der Waals surface area contributed by atoms with Crippen molar-refractivity contribution in [2.75, 3.05) is 47.0 Å². The molecular formula is C16H32N2O3. The van der Waals surface area contributed by atoms with Gasteiger partial charge in [-0.25, -0.2) is 0 Å². The van der Waals surface area contributed by atoms with Crippen molar-refractivity contribution in [3.8, 4) is 0 Å². The number of nitrogens with one attached hydrogen (secondary N) is 1. The van der Waals surface area contributed by atoms with Crippen molar-refractivity contribution in [1.82, 2.24) is 10.2 Å². The van der Waals surface area contributed by atoms with E-state index in [1.165, 1.54) is 20.0 Å². The Morgan fingerprint density at radius 3 is 2.52 bits per heavy atom. The van der Waals surface area contributed by atoms with Gasteiger partial charge in [-0.05, 0) is 58.2 Å². The smallest absolute Gasteiger partial charge is 0.325 e. The molecule has 0 radical (unpaired) electrons. The zero-order chi connectivity index (χ0) is 15.7. The van der Waals surface area contributed by atoms with Crippen molar-refractivity contribution in [3.05, 3.63) is 0 Å². The fourth-order valence-electron chi connectivity index (χ4n) is 2.88. The van der Waals surface area contributed by atoms with E-state index < -0.39 is 5.54 Å². The van der Waals surface area contributed by atoms with Crippen LogP contribution in [0.15, 0.2) is 0 Å². The molecule has 1 rings (SSSR count). The molecule has 21 heavy (non-hydrogen) atoms. The summed E-state index contributed by atoms with van der Waals surface area (Å²) in [4.78, 5) is 14.5. The highest BCUT2D eigenvalue weighted by atomic mass is 16.5. The second kappa shape index (κ2) is 9.38. The van der Waals surface area contributed by atoms with Gasteiger partial charge < -0.3 is 19.7 Å². The summed E-state index contributed by atoms with van der Waals surface area (Å²) < 4.78 is 10.2. The maximum Gasteiger partial charge on any atom is 0.325 e. The molecule has 0 aromatic carbocycles. The molecule has 124 valence electrons. The highest BCUT2D eigenvalue weighted by Crippen LogP contribution is 2.19. The third-order valence-electron chi connectivity index (χ3n) is 4.44. The first-order valence-corrected chi connectivity index (χ1v) is 8.10. The maximum absolute atomic E-state index is 12.0. The standard InChI is InChI=1S/C16H32N2O3/c1-5-9-17-16(2,15(19)21-4)8-12-18-10-6-14(7-11-18)13-20-3/h14,17H,5-13H2,1-4H3. The van der Waals surface area contributed by atoms with Gasteiger partial charge in [-0.15, -0.1) is 0 Å². The monoisotopic (exact) mass is 300 g/mol. The Labute approximate surface area is 129 Å². The Morgan fingerprint density at radius 2 is 2.00 bits per heavy atom. The fourth-order valence-corrected chi connectivity index (χ4v) is 2.88. The van der Waals surface area contributed by atoms with Crippen LogP contribution in [-0.4, -0.2) is 63.4 Å². The molecule has 1 unspecified atom stereocenters. The number of piperidine rings is 1. The summed E-state index contributed by atoms with van der Waals surface area (Å²) in [5, 5.41) is 3.34. The Bertz CT molecular complexity index is 304. The molecule has 5 heteroatoms. The van der Waals surface area contributed by atoms with Gasteiger partial charge in [0.1, 0.15) is 5.54 Å². The van der Waals surface area contributed by atoms with Crippen LogP contribution >= 0.6 is 0 Å². The number of rotatable bonds is 9. The summed E-state index contributed by atoms with van der Waals surface area (Å²) in [5.41, 5.74) is -0.575. The number of carbonyl (C=O) groups is 1. The molecule has 5 nitrogen and oxygen atoms in total. The van der Waals surface area contributed by atoms with Gasteiger partial charge in [-0.3, -0.25) is 4.79 Å². The van der Waals surface area contributed by atoms with Crippen LogP contribution in [0.3, 0.4) is 0 Å². The maximum atomic E-state index is 12.0. The lowest BCUT2D eigenvalue weighted by Crippen LogP contribution is -2.52. The van der Waals surface area contributed by atoms with Crippen LogP contribution in [0, 0.1) is 5.92 Å². The lowest BCUT2D eigenvalue weighted by molar-refractivity contribution is -0.148. The molecule has 0 amide bonds. The van der Waals surface area contributed by atoms with Crippen LogP contribution in [0.2, 0.25) is 0 Å².